The highest BCUT2D eigenvalue weighted by Gasteiger charge is 2.35. The van der Waals surface area contributed by atoms with Crippen LogP contribution in [0.4, 0.5) is 4.79 Å². The third-order valence-corrected chi connectivity index (χ3v) is 5.87. The number of rotatable bonds is 5. The van der Waals surface area contributed by atoms with E-state index in [-0.39, 0.29) is 18.7 Å². The third-order valence-electron chi connectivity index (χ3n) is 5.87. The van der Waals surface area contributed by atoms with Gasteiger partial charge in [-0.15, -0.1) is 5.10 Å². The smallest absolute Gasteiger partial charge is 0.411 e. The molecule has 2 heterocycles. The number of benzene rings is 3. The van der Waals surface area contributed by atoms with Gasteiger partial charge in [-0.2, -0.15) is 0 Å². The van der Waals surface area contributed by atoms with E-state index in [1.807, 2.05) is 89.6 Å². The summed E-state index contributed by atoms with van der Waals surface area (Å²) in [5.41, 5.74) is 4.54. The summed E-state index contributed by atoms with van der Waals surface area (Å²) in [5, 5.41) is 8.83. The number of carbonyl (C=O) groups is 1. The van der Waals surface area contributed by atoms with Crippen molar-refractivity contribution in [3.8, 4) is 17.0 Å². The lowest BCUT2D eigenvalue weighted by molar-refractivity contribution is 0.0623. The Labute approximate surface area is 192 Å². The van der Waals surface area contributed by atoms with Crippen molar-refractivity contribution >= 4 is 6.09 Å². The molecule has 0 unspecified atom stereocenters. The monoisotopic (exact) mass is 440 g/mol. The van der Waals surface area contributed by atoms with E-state index in [1.165, 1.54) is 0 Å². The molecular weight excluding hydrogens is 416 g/mol. The second-order valence-electron chi connectivity index (χ2n) is 7.89. The number of ether oxygens (including phenoxy) is 2. The molecule has 0 saturated carbocycles. The van der Waals surface area contributed by atoms with Gasteiger partial charge in [-0.1, -0.05) is 65.9 Å². The summed E-state index contributed by atoms with van der Waals surface area (Å²) < 4.78 is 12.9. The van der Waals surface area contributed by atoms with Gasteiger partial charge in [0.25, 0.3) is 0 Å². The highest BCUT2D eigenvalue weighted by molar-refractivity contribution is 5.70. The first kappa shape index (κ1) is 20.8. The normalized spacial score (nSPS) is 15.1. The fourth-order valence-corrected chi connectivity index (χ4v) is 4.10. The first-order valence-corrected chi connectivity index (χ1v) is 10.8. The van der Waals surface area contributed by atoms with E-state index in [0.29, 0.717) is 13.1 Å². The van der Waals surface area contributed by atoms with Gasteiger partial charge < -0.3 is 9.47 Å². The lowest BCUT2D eigenvalue weighted by Gasteiger charge is -2.35. The Morgan fingerprint density at radius 1 is 0.970 bits per heavy atom. The van der Waals surface area contributed by atoms with Gasteiger partial charge in [0.1, 0.15) is 18.1 Å². The average Bonchev–Trinajstić information content (AvgIpc) is 3.30. The van der Waals surface area contributed by atoms with Crippen LogP contribution < -0.4 is 4.74 Å². The van der Waals surface area contributed by atoms with Crippen LogP contribution >= 0.6 is 0 Å². The molecule has 0 aliphatic carbocycles. The van der Waals surface area contributed by atoms with E-state index >= 15 is 0 Å². The Hall–Kier alpha value is -4.13. The minimum atomic E-state index is -0.360. The van der Waals surface area contributed by atoms with E-state index in [2.05, 4.69) is 10.3 Å². The van der Waals surface area contributed by atoms with Crippen LogP contribution in [0.15, 0.2) is 84.9 Å². The summed E-state index contributed by atoms with van der Waals surface area (Å²) in [5.74, 6) is 0.773. The number of carbonyl (C=O) groups excluding carboxylic acids is 1. The van der Waals surface area contributed by atoms with Crippen molar-refractivity contribution < 1.29 is 14.3 Å². The molecule has 33 heavy (non-hydrogen) atoms. The van der Waals surface area contributed by atoms with Crippen molar-refractivity contribution in [3.05, 3.63) is 102 Å². The lowest BCUT2D eigenvalue weighted by atomic mass is 10.0. The number of methoxy groups -OCH3 is 1. The van der Waals surface area contributed by atoms with Crippen LogP contribution in [0.1, 0.15) is 22.9 Å². The molecule has 0 saturated heterocycles. The van der Waals surface area contributed by atoms with Gasteiger partial charge in [-0.3, -0.25) is 4.90 Å². The first-order valence-electron chi connectivity index (χ1n) is 10.8. The molecule has 3 aromatic carbocycles. The van der Waals surface area contributed by atoms with E-state index in [1.54, 1.807) is 12.0 Å². The van der Waals surface area contributed by atoms with Crippen LogP contribution in [0.5, 0.6) is 5.75 Å². The number of nitrogens with zero attached hydrogens (tertiary/aromatic N) is 4. The molecule has 0 fully saturated rings. The molecule has 1 amide bonds. The minimum absolute atomic E-state index is 0.201. The number of fused-ring (bicyclic) bond motifs is 1. The highest BCUT2D eigenvalue weighted by atomic mass is 16.6. The summed E-state index contributed by atoms with van der Waals surface area (Å²) >= 11 is 0. The van der Waals surface area contributed by atoms with E-state index < -0.39 is 0 Å². The Bertz CT molecular complexity index is 1220. The molecule has 0 N–H and O–H groups in total. The van der Waals surface area contributed by atoms with Crippen molar-refractivity contribution in [2.24, 2.45) is 0 Å². The van der Waals surface area contributed by atoms with Gasteiger partial charge in [0, 0.05) is 5.56 Å². The Morgan fingerprint density at radius 3 is 2.36 bits per heavy atom. The van der Waals surface area contributed by atoms with Crippen LogP contribution in [0, 0.1) is 0 Å². The van der Waals surface area contributed by atoms with Gasteiger partial charge in [-0.05, 0) is 35.4 Å². The Morgan fingerprint density at radius 2 is 1.67 bits per heavy atom. The quantitative estimate of drug-likeness (QED) is 0.444. The third kappa shape index (κ3) is 4.30. The molecule has 0 spiro atoms. The van der Waals surface area contributed by atoms with Gasteiger partial charge in [0.15, 0.2) is 0 Å². The van der Waals surface area contributed by atoms with E-state index in [9.17, 15) is 4.79 Å². The van der Waals surface area contributed by atoms with Crippen LogP contribution in [-0.4, -0.2) is 33.1 Å². The summed E-state index contributed by atoms with van der Waals surface area (Å²) in [6.45, 7) is 1.07. The SMILES string of the molecule is COc1ccc(-c2nnn3c2CN(C(=O)OCc2ccccc2)[C@@H](c2ccccc2)C3)cc1. The van der Waals surface area contributed by atoms with Crippen molar-refractivity contribution in [1.82, 2.24) is 19.9 Å². The van der Waals surface area contributed by atoms with Crippen LogP contribution in [0.2, 0.25) is 0 Å². The molecule has 1 atom stereocenters. The van der Waals surface area contributed by atoms with Gasteiger partial charge >= 0.3 is 6.09 Å². The number of amides is 1. The predicted octanol–water partition coefficient (Wildman–Crippen LogP) is 4.85. The first-order chi connectivity index (χ1) is 16.2. The standard InChI is InChI=1S/C26H24N4O3/c1-32-22-14-12-21(13-15-22)25-24-16-29(26(31)33-18-19-8-4-2-5-9-19)23(17-30(24)28-27-25)20-10-6-3-7-11-20/h2-15,23H,16-18H2,1H3/t23-/m1/s1. The second kappa shape index (κ2) is 9.16. The molecular formula is C26H24N4O3. The lowest BCUT2D eigenvalue weighted by Crippen LogP contribution is -2.41. The average molecular weight is 441 g/mol. The largest absolute Gasteiger partial charge is 0.497 e. The topological polar surface area (TPSA) is 69.5 Å². The molecule has 7 nitrogen and oxygen atoms in total. The number of hydrogen-bond donors (Lipinski definition) is 0. The molecule has 4 aromatic rings. The van der Waals surface area contributed by atoms with E-state index in [4.69, 9.17) is 9.47 Å². The molecule has 1 aliphatic heterocycles. The van der Waals surface area contributed by atoms with Gasteiger partial charge in [0.05, 0.1) is 31.9 Å². The maximum absolute atomic E-state index is 13.3. The van der Waals surface area contributed by atoms with E-state index in [0.717, 1.165) is 33.8 Å². The fraction of sp³-hybridized carbons (Fsp3) is 0.192. The molecule has 1 aliphatic rings. The van der Waals surface area contributed by atoms with Crippen molar-refractivity contribution in [1.29, 1.82) is 0 Å². The molecule has 0 bridgehead atoms. The Kier molecular flexibility index (Phi) is 5.76. The minimum Gasteiger partial charge on any atom is -0.497 e. The zero-order chi connectivity index (χ0) is 22.6. The zero-order valence-electron chi connectivity index (χ0n) is 18.3. The van der Waals surface area contributed by atoms with Crippen LogP contribution in [0.3, 0.4) is 0 Å². The summed E-state index contributed by atoms with van der Waals surface area (Å²) in [6, 6.07) is 27.1. The van der Waals surface area contributed by atoms with Crippen molar-refractivity contribution in [3.63, 3.8) is 0 Å². The van der Waals surface area contributed by atoms with Crippen LogP contribution in [-0.2, 0) is 24.4 Å². The maximum Gasteiger partial charge on any atom is 0.411 e. The van der Waals surface area contributed by atoms with Gasteiger partial charge in [-0.25, -0.2) is 9.48 Å². The highest BCUT2D eigenvalue weighted by Crippen LogP contribution is 2.34. The van der Waals surface area contributed by atoms with Gasteiger partial charge in [0.2, 0.25) is 0 Å². The number of hydrogen-bond acceptors (Lipinski definition) is 5. The Balaban J connectivity index is 1.45. The second-order valence-corrected chi connectivity index (χ2v) is 7.89. The fourth-order valence-electron chi connectivity index (χ4n) is 4.10. The predicted molar refractivity (Wildman–Crippen MR) is 123 cm³/mol. The maximum atomic E-state index is 13.3. The van der Waals surface area contributed by atoms with Crippen LogP contribution in [0.25, 0.3) is 11.3 Å². The van der Waals surface area contributed by atoms with Crippen molar-refractivity contribution in [2.45, 2.75) is 25.7 Å². The molecule has 0 radical (unpaired) electrons. The molecule has 7 heteroatoms. The molecule has 166 valence electrons. The number of aromatic nitrogens is 3. The van der Waals surface area contributed by atoms with Crippen molar-refractivity contribution in [2.75, 3.05) is 7.11 Å². The molecule has 1 aromatic heterocycles. The summed E-state index contributed by atoms with van der Waals surface area (Å²) in [7, 11) is 1.64. The molecule has 5 rings (SSSR count). The summed E-state index contributed by atoms with van der Waals surface area (Å²) in [4.78, 5) is 15.0. The summed E-state index contributed by atoms with van der Waals surface area (Å²) in [6.07, 6.45) is -0.360. The zero-order valence-corrected chi connectivity index (χ0v) is 18.3.